The number of amides is 2. The zero-order valence-electron chi connectivity index (χ0n) is 21.6. The minimum Gasteiger partial charge on any atom is -0.335 e. The Hall–Kier alpha value is -2.92. The van der Waals surface area contributed by atoms with Gasteiger partial charge in [-0.2, -0.15) is 0 Å². The number of carbonyl (C=O) groups excluding carboxylic acids is 2. The molecular weight excluding hydrogens is 482 g/mol. The van der Waals surface area contributed by atoms with Crippen LogP contribution in [0.4, 0.5) is 0 Å². The molecule has 2 aliphatic heterocycles. The average molecular weight is 518 g/mol. The second kappa shape index (κ2) is 11.2. The van der Waals surface area contributed by atoms with Gasteiger partial charge in [0.15, 0.2) is 0 Å². The van der Waals surface area contributed by atoms with Gasteiger partial charge in [-0.1, -0.05) is 79.9 Å². The van der Waals surface area contributed by atoms with Gasteiger partial charge in [-0.3, -0.25) is 14.6 Å². The molecule has 0 aromatic heterocycles. The Bertz CT molecular complexity index is 1190. The van der Waals surface area contributed by atoms with Gasteiger partial charge in [0.2, 0.25) is 0 Å². The molecule has 0 radical (unpaired) electrons. The molecule has 1 aliphatic carbocycles. The quantitative estimate of drug-likeness (QED) is 0.458. The Morgan fingerprint density at radius 1 is 1.00 bits per heavy atom. The molecule has 0 bridgehead atoms. The maximum absolute atomic E-state index is 14.1. The molecule has 1 saturated carbocycles. The lowest BCUT2D eigenvalue weighted by atomic mass is 9.89. The highest BCUT2D eigenvalue weighted by atomic mass is 35.5. The van der Waals surface area contributed by atoms with Crippen molar-refractivity contribution in [2.24, 2.45) is 10.9 Å². The van der Waals surface area contributed by atoms with Crippen LogP contribution in [0.5, 0.6) is 0 Å². The molecule has 2 unspecified atom stereocenters. The van der Waals surface area contributed by atoms with Crippen molar-refractivity contribution >= 4 is 29.1 Å². The summed E-state index contributed by atoms with van der Waals surface area (Å²) in [5, 5.41) is 0.561. The van der Waals surface area contributed by atoms with E-state index < -0.39 is 0 Å². The van der Waals surface area contributed by atoms with E-state index in [4.69, 9.17) is 16.6 Å². The number of hydrogen-bond acceptors (Lipinski definition) is 3. The van der Waals surface area contributed by atoms with Crippen LogP contribution in [0, 0.1) is 5.92 Å². The van der Waals surface area contributed by atoms with Crippen LogP contribution in [-0.2, 0) is 4.79 Å². The van der Waals surface area contributed by atoms with Crippen LogP contribution < -0.4 is 0 Å². The summed E-state index contributed by atoms with van der Waals surface area (Å²) in [7, 11) is 0. The number of halogens is 1. The van der Waals surface area contributed by atoms with Gasteiger partial charge in [0.25, 0.3) is 11.8 Å². The molecule has 2 fully saturated rings. The van der Waals surface area contributed by atoms with Gasteiger partial charge in [0.05, 0.1) is 5.54 Å². The van der Waals surface area contributed by atoms with Gasteiger partial charge < -0.3 is 9.80 Å². The lowest BCUT2D eigenvalue weighted by Gasteiger charge is -2.49. The van der Waals surface area contributed by atoms with E-state index in [0.717, 1.165) is 38.5 Å². The molecule has 2 atom stereocenters. The monoisotopic (exact) mass is 517 g/mol. The Morgan fingerprint density at radius 2 is 1.78 bits per heavy atom. The number of benzene rings is 2. The fourth-order valence-electron chi connectivity index (χ4n) is 6.26. The molecule has 2 heterocycles. The smallest absolute Gasteiger partial charge is 0.268 e. The molecule has 2 aromatic carbocycles. The SMILES string of the molecule is CC1CC=CC(c2ccccc2)CCN=C1C(=O)N1CCN(C(=O)c2cccc(Cl)c2)CC12CCCC2. The van der Waals surface area contributed by atoms with Crippen LogP contribution in [0.3, 0.4) is 0 Å². The van der Waals surface area contributed by atoms with E-state index in [1.807, 2.05) is 23.1 Å². The van der Waals surface area contributed by atoms with Crippen LogP contribution in [-0.4, -0.2) is 59.0 Å². The van der Waals surface area contributed by atoms with Gasteiger partial charge in [-0.15, -0.1) is 0 Å². The summed E-state index contributed by atoms with van der Waals surface area (Å²) in [5.74, 6) is 0.429. The van der Waals surface area contributed by atoms with Crippen molar-refractivity contribution in [3.05, 3.63) is 82.9 Å². The number of allylic oxidation sites excluding steroid dienone is 2. The fraction of sp³-hybridized carbons (Fsp3) is 0.452. The first kappa shape index (κ1) is 25.7. The summed E-state index contributed by atoms with van der Waals surface area (Å²) >= 11 is 6.15. The van der Waals surface area contributed by atoms with Crippen molar-refractivity contribution in [2.75, 3.05) is 26.2 Å². The normalized spacial score (nSPS) is 23.8. The van der Waals surface area contributed by atoms with Crippen molar-refractivity contribution in [2.45, 2.75) is 56.9 Å². The van der Waals surface area contributed by atoms with Crippen LogP contribution in [0.1, 0.15) is 67.3 Å². The van der Waals surface area contributed by atoms with Crippen LogP contribution in [0.25, 0.3) is 0 Å². The topological polar surface area (TPSA) is 53.0 Å². The van der Waals surface area contributed by atoms with E-state index in [1.54, 1.807) is 12.1 Å². The van der Waals surface area contributed by atoms with Crippen LogP contribution in [0.2, 0.25) is 5.02 Å². The van der Waals surface area contributed by atoms with E-state index >= 15 is 0 Å². The second-order valence-electron chi connectivity index (χ2n) is 10.8. The van der Waals surface area contributed by atoms with E-state index in [-0.39, 0.29) is 23.3 Å². The molecule has 6 heteroatoms. The maximum Gasteiger partial charge on any atom is 0.268 e. The molecule has 2 aromatic rings. The summed E-state index contributed by atoms with van der Waals surface area (Å²) in [6, 6.07) is 17.7. The number of hydrogen-bond donors (Lipinski definition) is 0. The van der Waals surface area contributed by atoms with Crippen molar-refractivity contribution in [1.82, 2.24) is 9.80 Å². The van der Waals surface area contributed by atoms with Crippen LogP contribution in [0.15, 0.2) is 71.7 Å². The van der Waals surface area contributed by atoms with Gasteiger partial charge in [-0.25, -0.2) is 0 Å². The summed E-state index contributed by atoms with van der Waals surface area (Å²) < 4.78 is 0. The van der Waals surface area contributed by atoms with Crippen molar-refractivity contribution < 1.29 is 9.59 Å². The molecule has 0 N–H and O–H groups in total. The molecular formula is C31H36ClN3O2. The Morgan fingerprint density at radius 3 is 2.54 bits per heavy atom. The highest BCUT2D eigenvalue weighted by molar-refractivity contribution is 6.39. The third kappa shape index (κ3) is 5.52. The predicted octanol–water partition coefficient (Wildman–Crippen LogP) is 6.15. The summed E-state index contributed by atoms with van der Waals surface area (Å²) in [5.41, 5.74) is 2.28. The third-order valence-electron chi connectivity index (χ3n) is 8.28. The summed E-state index contributed by atoms with van der Waals surface area (Å²) in [6.07, 6.45) is 10.2. The Labute approximate surface area is 225 Å². The van der Waals surface area contributed by atoms with Gasteiger partial charge in [0, 0.05) is 48.6 Å². The number of carbonyl (C=O) groups is 2. The highest BCUT2D eigenvalue weighted by Gasteiger charge is 2.48. The lowest BCUT2D eigenvalue weighted by Crippen LogP contribution is -2.65. The fourth-order valence-corrected chi connectivity index (χ4v) is 6.45. The predicted molar refractivity (Wildman–Crippen MR) is 149 cm³/mol. The molecule has 5 nitrogen and oxygen atoms in total. The first-order chi connectivity index (χ1) is 18.0. The number of nitrogens with zero attached hydrogens (tertiary/aromatic N) is 3. The molecule has 3 aliphatic rings. The van der Waals surface area contributed by atoms with E-state index in [0.29, 0.717) is 48.4 Å². The van der Waals surface area contributed by atoms with Gasteiger partial charge in [0.1, 0.15) is 5.71 Å². The number of aliphatic imine (C=N–C) groups is 1. The Kier molecular flexibility index (Phi) is 7.80. The average Bonchev–Trinajstić information content (AvgIpc) is 3.40. The van der Waals surface area contributed by atoms with Gasteiger partial charge in [-0.05, 0) is 49.4 Å². The maximum atomic E-state index is 14.1. The largest absolute Gasteiger partial charge is 0.335 e. The Balaban J connectivity index is 1.34. The zero-order chi connectivity index (χ0) is 25.8. The van der Waals surface area contributed by atoms with Crippen molar-refractivity contribution in [3.8, 4) is 0 Å². The number of piperazine rings is 1. The number of rotatable bonds is 3. The highest BCUT2D eigenvalue weighted by Crippen LogP contribution is 2.39. The minimum absolute atomic E-state index is 0.00823. The summed E-state index contributed by atoms with van der Waals surface area (Å²) in [6.45, 7) is 4.39. The van der Waals surface area contributed by atoms with Crippen LogP contribution >= 0.6 is 11.6 Å². The molecule has 1 spiro atoms. The first-order valence-electron chi connectivity index (χ1n) is 13.6. The molecule has 37 heavy (non-hydrogen) atoms. The lowest BCUT2D eigenvalue weighted by molar-refractivity contribution is -0.134. The minimum atomic E-state index is -0.313. The molecule has 2 amide bonds. The van der Waals surface area contributed by atoms with Crippen molar-refractivity contribution in [3.63, 3.8) is 0 Å². The molecule has 5 rings (SSSR count). The standard InChI is InChI=1S/C31H36ClN3O2/c1-23-9-7-12-25(24-10-3-2-4-11-24)15-18-33-28(23)30(37)35-20-19-34(22-31(35)16-5-6-17-31)29(36)26-13-8-14-27(32)21-26/h2-4,7-8,10-14,21,23,25H,5-6,9,15-20,22H2,1H3. The first-order valence-corrected chi connectivity index (χ1v) is 14.0. The van der Waals surface area contributed by atoms with Crippen molar-refractivity contribution in [1.29, 1.82) is 0 Å². The third-order valence-corrected chi connectivity index (χ3v) is 8.52. The summed E-state index contributed by atoms with van der Waals surface area (Å²) in [4.78, 5) is 36.3. The molecule has 1 saturated heterocycles. The van der Waals surface area contributed by atoms with E-state index in [9.17, 15) is 9.59 Å². The van der Waals surface area contributed by atoms with Gasteiger partial charge >= 0.3 is 0 Å². The van der Waals surface area contributed by atoms with E-state index in [1.165, 1.54) is 5.56 Å². The van der Waals surface area contributed by atoms with E-state index in [2.05, 4.69) is 48.2 Å². The zero-order valence-corrected chi connectivity index (χ0v) is 22.4. The second-order valence-corrected chi connectivity index (χ2v) is 11.2. The molecule has 194 valence electrons.